The molecule has 0 aliphatic rings. The fourth-order valence-electron chi connectivity index (χ4n) is 0.877. The second kappa shape index (κ2) is 4.43. The van der Waals surface area contributed by atoms with Crippen molar-refractivity contribution in [2.24, 2.45) is 0 Å². The summed E-state index contributed by atoms with van der Waals surface area (Å²) in [4.78, 5) is 31.2. The fraction of sp³-hybridized carbons (Fsp3) is 0.250. The smallest absolute Gasteiger partial charge is 0.433 e. The van der Waals surface area contributed by atoms with E-state index >= 15 is 0 Å². The van der Waals surface area contributed by atoms with Crippen molar-refractivity contribution in [2.45, 2.75) is 13.0 Å². The van der Waals surface area contributed by atoms with Crippen molar-refractivity contribution in [1.82, 2.24) is 5.32 Å². The van der Waals surface area contributed by atoms with Gasteiger partial charge in [0.2, 0.25) is 0 Å². The van der Waals surface area contributed by atoms with Gasteiger partial charge in [0, 0.05) is 0 Å². The summed E-state index contributed by atoms with van der Waals surface area (Å²) in [6.45, 7) is 1.26. The number of carbonyl (C=O) groups is 2. The summed E-state index contributed by atoms with van der Waals surface area (Å²) < 4.78 is 4.58. The van der Waals surface area contributed by atoms with Gasteiger partial charge in [0.25, 0.3) is 5.91 Å². The van der Waals surface area contributed by atoms with E-state index in [-0.39, 0.29) is 5.76 Å². The standard InChI is InChI=1S/C8H8N2O6/c1-4(8(12)13)9-7(11)5-2-3-6(16-5)10(14)15/h2-4H,1H3,(H,9,11)(H,12,13). The highest BCUT2D eigenvalue weighted by Gasteiger charge is 2.20. The first kappa shape index (κ1) is 11.7. The van der Waals surface area contributed by atoms with Crippen LogP contribution in [-0.2, 0) is 4.79 Å². The monoisotopic (exact) mass is 228 g/mol. The minimum atomic E-state index is -1.21. The highest BCUT2D eigenvalue weighted by Crippen LogP contribution is 2.15. The van der Waals surface area contributed by atoms with Crippen molar-refractivity contribution in [3.8, 4) is 0 Å². The molecule has 2 N–H and O–H groups in total. The van der Waals surface area contributed by atoms with Crippen LogP contribution in [0, 0.1) is 10.1 Å². The van der Waals surface area contributed by atoms with Gasteiger partial charge in [-0.15, -0.1) is 0 Å². The molecule has 1 atom stereocenters. The average molecular weight is 228 g/mol. The van der Waals surface area contributed by atoms with Gasteiger partial charge in [0.15, 0.2) is 5.76 Å². The normalized spacial score (nSPS) is 11.8. The van der Waals surface area contributed by atoms with Gasteiger partial charge in [-0.05, 0) is 13.0 Å². The largest absolute Gasteiger partial charge is 0.480 e. The number of amides is 1. The minimum Gasteiger partial charge on any atom is -0.480 e. The number of carbonyl (C=O) groups excluding carboxylic acids is 1. The molecule has 0 aromatic carbocycles. The number of nitrogens with one attached hydrogen (secondary N) is 1. The molecule has 0 bridgehead atoms. The molecule has 1 aromatic heterocycles. The second-order valence-electron chi connectivity index (χ2n) is 2.93. The number of nitro groups is 1. The lowest BCUT2D eigenvalue weighted by molar-refractivity contribution is -0.402. The van der Waals surface area contributed by atoms with Gasteiger partial charge in [-0.2, -0.15) is 0 Å². The predicted octanol–water partition coefficient (Wildman–Crippen LogP) is 0.391. The van der Waals surface area contributed by atoms with E-state index in [4.69, 9.17) is 5.11 Å². The summed E-state index contributed by atoms with van der Waals surface area (Å²) in [5.74, 6) is -2.91. The Morgan fingerprint density at radius 2 is 2.19 bits per heavy atom. The van der Waals surface area contributed by atoms with Gasteiger partial charge in [-0.1, -0.05) is 0 Å². The van der Waals surface area contributed by atoms with Crippen molar-refractivity contribution in [3.05, 3.63) is 28.0 Å². The Bertz CT molecular complexity index is 437. The van der Waals surface area contributed by atoms with Crippen LogP contribution in [0.5, 0.6) is 0 Å². The number of rotatable bonds is 4. The third-order valence-corrected chi connectivity index (χ3v) is 1.71. The lowest BCUT2D eigenvalue weighted by Crippen LogP contribution is -2.38. The van der Waals surface area contributed by atoms with E-state index < -0.39 is 28.7 Å². The Hall–Kier alpha value is -2.38. The molecule has 0 spiro atoms. The van der Waals surface area contributed by atoms with Crippen molar-refractivity contribution in [3.63, 3.8) is 0 Å². The maximum absolute atomic E-state index is 11.3. The Balaban J connectivity index is 2.73. The first-order chi connectivity index (χ1) is 7.41. The van der Waals surface area contributed by atoms with Crippen LogP contribution in [0.1, 0.15) is 17.5 Å². The van der Waals surface area contributed by atoms with Crippen LogP contribution in [0.25, 0.3) is 0 Å². The van der Waals surface area contributed by atoms with Crippen molar-refractivity contribution >= 4 is 17.8 Å². The third-order valence-electron chi connectivity index (χ3n) is 1.71. The van der Waals surface area contributed by atoms with E-state index in [0.29, 0.717) is 0 Å². The quantitative estimate of drug-likeness (QED) is 0.567. The Morgan fingerprint density at radius 1 is 1.56 bits per heavy atom. The van der Waals surface area contributed by atoms with Crippen LogP contribution >= 0.6 is 0 Å². The number of hydrogen-bond donors (Lipinski definition) is 2. The van der Waals surface area contributed by atoms with E-state index in [2.05, 4.69) is 9.73 Å². The van der Waals surface area contributed by atoms with Crippen LogP contribution < -0.4 is 5.32 Å². The third kappa shape index (κ3) is 2.56. The molecule has 1 heterocycles. The summed E-state index contributed by atoms with van der Waals surface area (Å²) in [5, 5.41) is 20.9. The van der Waals surface area contributed by atoms with Crippen molar-refractivity contribution < 1.29 is 24.0 Å². The average Bonchev–Trinajstić information content (AvgIpc) is 2.65. The second-order valence-corrected chi connectivity index (χ2v) is 2.93. The number of furan rings is 1. The van der Waals surface area contributed by atoms with Gasteiger partial charge in [0.05, 0.1) is 6.07 Å². The van der Waals surface area contributed by atoms with Gasteiger partial charge < -0.3 is 14.8 Å². The highest BCUT2D eigenvalue weighted by molar-refractivity contribution is 5.94. The SMILES string of the molecule is CC(NC(=O)c1ccc([N+](=O)[O-])o1)C(=O)O. The number of carboxylic acid groups (broad SMARTS) is 1. The lowest BCUT2D eigenvalue weighted by Gasteiger charge is -2.06. The minimum absolute atomic E-state index is 0.306. The van der Waals surface area contributed by atoms with Crippen LogP contribution in [0.3, 0.4) is 0 Å². The molecule has 8 heteroatoms. The molecule has 0 fully saturated rings. The zero-order valence-corrected chi connectivity index (χ0v) is 8.17. The molecule has 0 radical (unpaired) electrons. The predicted molar refractivity (Wildman–Crippen MR) is 49.9 cm³/mol. The molecule has 0 saturated carbocycles. The van der Waals surface area contributed by atoms with Gasteiger partial charge >= 0.3 is 11.9 Å². The molecule has 1 amide bonds. The number of carboxylic acids is 1. The molecule has 0 aliphatic carbocycles. The van der Waals surface area contributed by atoms with E-state index in [1.807, 2.05) is 0 Å². The Kier molecular flexibility index (Phi) is 3.24. The highest BCUT2D eigenvalue weighted by atomic mass is 16.6. The van der Waals surface area contributed by atoms with Gasteiger partial charge in [0.1, 0.15) is 11.0 Å². The number of hydrogen-bond acceptors (Lipinski definition) is 5. The van der Waals surface area contributed by atoms with E-state index in [1.165, 1.54) is 6.92 Å². The summed E-state index contributed by atoms with van der Waals surface area (Å²) >= 11 is 0. The first-order valence-corrected chi connectivity index (χ1v) is 4.19. The van der Waals surface area contributed by atoms with Gasteiger partial charge in [-0.3, -0.25) is 19.7 Å². The van der Waals surface area contributed by atoms with E-state index in [1.54, 1.807) is 0 Å². The van der Waals surface area contributed by atoms with Crippen LogP contribution in [-0.4, -0.2) is 27.9 Å². The molecule has 16 heavy (non-hydrogen) atoms. The van der Waals surface area contributed by atoms with Crippen LogP contribution in [0.4, 0.5) is 5.88 Å². The number of nitrogens with zero attached hydrogens (tertiary/aromatic N) is 1. The topological polar surface area (TPSA) is 123 Å². The van der Waals surface area contributed by atoms with E-state index in [0.717, 1.165) is 12.1 Å². The summed E-state index contributed by atoms with van der Waals surface area (Å²) in [6.07, 6.45) is 0. The van der Waals surface area contributed by atoms with Crippen molar-refractivity contribution in [1.29, 1.82) is 0 Å². The molecular formula is C8H8N2O6. The zero-order chi connectivity index (χ0) is 12.3. The molecule has 1 aromatic rings. The Morgan fingerprint density at radius 3 is 2.62 bits per heavy atom. The molecule has 1 unspecified atom stereocenters. The molecule has 0 aliphatic heterocycles. The Labute approximate surface area is 89.0 Å². The molecule has 86 valence electrons. The molecule has 8 nitrogen and oxygen atoms in total. The summed E-state index contributed by atoms with van der Waals surface area (Å²) in [6, 6.07) is 1.01. The van der Waals surface area contributed by atoms with Gasteiger partial charge in [-0.25, -0.2) is 0 Å². The molecular weight excluding hydrogens is 220 g/mol. The summed E-state index contributed by atoms with van der Waals surface area (Å²) in [7, 11) is 0. The maximum atomic E-state index is 11.3. The number of aliphatic carboxylic acids is 1. The van der Waals surface area contributed by atoms with Crippen molar-refractivity contribution in [2.75, 3.05) is 0 Å². The first-order valence-electron chi connectivity index (χ1n) is 4.19. The zero-order valence-electron chi connectivity index (χ0n) is 8.17. The molecule has 1 rings (SSSR count). The van der Waals surface area contributed by atoms with Crippen LogP contribution in [0.2, 0.25) is 0 Å². The lowest BCUT2D eigenvalue weighted by atomic mass is 10.3. The molecule has 0 saturated heterocycles. The maximum Gasteiger partial charge on any atom is 0.433 e. The fourth-order valence-corrected chi connectivity index (χ4v) is 0.877. The summed E-state index contributed by atoms with van der Waals surface area (Å²) in [5.41, 5.74) is 0. The van der Waals surface area contributed by atoms with Crippen LogP contribution in [0.15, 0.2) is 16.5 Å². The van der Waals surface area contributed by atoms with E-state index in [9.17, 15) is 19.7 Å².